The Hall–Kier alpha value is 2.44. The molecule has 2 aromatic carbocycles. The predicted molar refractivity (Wildman–Crippen MR) is 73.8 cm³/mol. The normalized spacial score (nSPS) is 14.2. The van der Waals surface area contributed by atoms with Crippen molar-refractivity contribution >= 4 is 15.6 Å². The maximum absolute atomic E-state index is 10.2. The van der Waals surface area contributed by atoms with Crippen LogP contribution in [0, 0.1) is 0 Å². The Kier molecular flexibility index (Phi) is 17.2. The van der Waals surface area contributed by atoms with Crippen molar-refractivity contribution in [3.8, 4) is 11.5 Å². The number of phosphoric ester groups is 2. The molecule has 0 amide bonds. The van der Waals surface area contributed by atoms with Crippen molar-refractivity contribution < 1.29 is 176 Å². The van der Waals surface area contributed by atoms with Crippen molar-refractivity contribution in [2.45, 2.75) is 0 Å². The molecule has 2 atom stereocenters. The monoisotopic (exact) mass is 612 g/mol. The van der Waals surface area contributed by atoms with E-state index in [-0.39, 0.29) is 149 Å². The fourth-order valence-corrected chi connectivity index (χ4v) is 2.01. The molecule has 24 heavy (non-hydrogen) atoms. The topological polar surface area (TPSA) is 139 Å². The molecule has 0 aliphatic carbocycles. The van der Waals surface area contributed by atoms with Gasteiger partial charge in [-0.05, 0) is 24.3 Å². The summed E-state index contributed by atoms with van der Waals surface area (Å²) in [4.78, 5) is 36.8. The fourth-order valence-electron chi connectivity index (χ4n) is 1.23. The van der Waals surface area contributed by atoms with Crippen LogP contribution in [-0.2, 0) is 9.13 Å². The minimum absolute atomic E-state index is 0. The summed E-state index contributed by atoms with van der Waals surface area (Å²) >= 11 is 0. The van der Waals surface area contributed by atoms with E-state index in [4.69, 9.17) is 9.79 Å². The standard InChI is InChI=1S/2C6H7O4P.2Cs/c2*7-11(8,9)10-6-4-2-1-3-5-6;;/h2*1-5H,(H2,7,8,9);;/q;;2*+1/p-2. The first-order valence-electron chi connectivity index (χ1n) is 5.73. The van der Waals surface area contributed by atoms with Gasteiger partial charge in [0.2, 0.25) is 0 Å². The summed E-state index contributed by atoms with van der Waals surface area (Å²) in [6.07, 6.45) is 0. The molecule has 0 radical (unpaired) electrons. The second-order valence-electron chi connectivity index (χ2n) is 3.75. The predicted octanol–water partition coefficient (Wildman–Crippen LogP) is -4.94. The van der Waals surface area contributed by atoms with Gasteiger partial charge in [-0.3, -0.25) is 9.13 Å². The van der Waals surface area contributed by atoms with Gasteiger partial charge in [0.1, 0.15) is 11.5 Å². The van der Waals surface area contributed by atoms with Gasteiger partial charge < -0.3 is 28.6 Å². The molecule has 0 fully saturated rings. The van der Waals surface area contributed by atoms with Crippen molar-refractivity contribution in [2.24, 2.45) is 0 Å². The fraction of sp³-hybridized carbons (Fsp3) is 0. The quantitative estimate of drug-likeness (QED) is 0.328. The van der Waals surface area contributed by atoms with E-state index in [0.29, 0.717) is 0 Å². The zero-order valence-electron chi connectivity index (χ0n) is 13.0. The van der Waals surface area contributed by atoms with Gasteiger partial charge >= 0.3 is 153 Å². The molecule has 2 N–H and O–H groups in total. The Morgan fingerprint density at radius 2 is 0.917 bits per heavy atom. The van der Waals surface area contributed by atoms with Gasteiger partial charge in [-0.15, -0.1) is 0 Å². The molecule has 8 nitrogen and oxygen atoms in total. The van der Waals surface area contributed by atoms with Crippen LogP contribution in [0.2, 0.25) is 0 Å². The third kappa shape index (κ3) is 16.6. The van der Waals surface area contributed by atoms with Gasteiger partial charge in [-0.2, -0.15) is 0 Å². The van der Waals surface area contributed by atoms with Crippen LogP contribution in [0.5, 0.6) is 11.5 Å². The molecular weight excluding hydrogens is 600 g/mol. The summed E-state index contributed by atoms with van der Waals surface area (Å²) in [5.74, 6) is 0.210. The van der Waals surface area contributed by atoms with Crippen LogP contribution in [0.15, 0.2) is 60.7 Å². The Balaban J connectivity index is 0. The van der Waals surface area contributed by atoms with Crippen LogP contribution >= 0.6 is 15.6 Å². The minimum atomic E-state index is -4.64. The van der Waals surface area contributed by atoms with Crippen molar-refractivity contribution in [3.63, 3.8) is 0 Å². The summed E-state index contributed by atoms with van der Waals surface area (Å²) < 4.78 is 28.6. The third-order valence-corrected chi connectivity index (χ3v) is 2.81. The zero-order chi connectivity index (χ0) is 16.6. The molecule has 0 saturated carbocycles. The van der Waals surface area contributed by atoms with Crippen LogP contribution in [0.1, 0.15) is 0 Å². The average molecular weight is 612 g/mol. The molecule has 12 heteroatoms. The van der Waals surface area contributed by atoms with Crippen molar-refractivity contribution in [3.05, 3.63) is 60.7 Å². The van der Waals surface area contributed by atoms with E-state index in [0.717, 1.165) is 0 Å². The van der Waals surface area contributed by atoms with E-state index in [9.17, 15) is 18.9 Å². The van der Waals surface area contributed by atoms with Gasteiger partial charge in [-0.1, -0.05) is 36.4 Å². The summed E-state index contributed by atoms with van der Waals surface area (Å²) in [5.41, 5.74) is 0. The molecule has 0 aliphatic heterocycles. The van der Waals surface area contributed by atoms with E-state index in [1.807, 2.05) is 0 Å². The molecule has 0 spiro atoms. The molecular formula is C12H12Cs2O8P2. The second kappa shape index (κ2) is 14.4. The zero-order valence-corrected chi connectivity index (χ0v) is 27.4. The number of benzene rings is 2. The molecule has 0 saturated heterocycles. The number of phosphoric acid groups is 2. The number of para-hydroxylation sites is 2. The third-order valence-electron chi connectivity index (χ3n) is 1.93. The van der Waals surface area contributed by atoms with Crippen LogP contribution in [0.25, 0.3) is 0 Å². The van der Waals surface area contributed by atoms with Crippen molar-refractivity contribution in [1.82, 2.24) is 0 Å². The maximum atomic E-state index is 10.2. The molecule has 120 valence electrons. The van der Waals surface area contributed by atoms with E-state index in [1.165, 1.54) is 24.3 Å². The molecule has 2 unspecified atom stereocenters. The molecule has 2 rings (SSSR count). The number of rotatable bonds is 4. The van der Waals surface area contributed by atoms with Gasteiger partial charge in [0.25, 0.3) is 0 Å². The van der Waals surface area contributed by atoms with Crippen LogP contribution < -0.4 is 157 Å². The second-order valence-corrected chi connectivity index (χ2v) is 5.99. The number of hydrogen-bond donors (Lipinski definition) is 2. The van der Waals surface area contributed by atoms with E-state index in [2.05, 4.69) is 9.05 Å². The molecule has 0 aromatic heterocycles. The van der Waals surface area contributed by atoms with E-state index in [1.54, 1.807) is 36.4 Å². The van der Waals surface area contributed by atoms with Crippen molar-refractivity contribution in [2.75, 3.05) is 0 Å². The van der Waals surface area contributed by atoms with Crippen LogP contribution in [0.4, 0.5) is 0 Å². The summed E-state index contributed by atoms with van der Waals surface area (Å²) in [6.45, 7) is 0. The molecule has 2 aromatic rings. The summed E-state index contributed by atoms with van der Waals surface area (Å²) in [6, 6.07) is 15.6. The maximum Gasteiger partial charge on any atom is 1.00 e. The SMILES string of the molecule is O=P([O-])(O)Oc1ccccc1.O=P([O-])(O)Oc1ccccc1.[Cs+].[Cs+]. The first kappa shape index (κ1) is 28.7. The van der Waals surface area contributed by atoms with Gasteiger partial charge in [0.05, 0.1) is 0 Å². The van der Waals surface area contributed by atoms with Crippen LogP contribution in [-0.4, -0.2) is 9.79 Å². The van der Waals surface area contributed by atoms with Gasteiger partial charge in [0.15, 0.2) is 0 Å². The first-order chi connectivity index (χ1) is 10.2. The number of hydrogen-bond acceptors (Lipinski definition) is 6. The van der Waals surface area contributed by atoms with Crippen molar-refractivity contribution in [1.29, 1.82) is 0 Å². The average Bonchev–Trinajstić information content (AvgIpc) is 2.38. The first-order valence-corrected chi connectivity index (χ1v) is 8.72. The Morgan fingerprint density at radius 3 is 1.12 bits per heavy atom. The van der Waals surface area contributed by atoms with E-state index >= 15 is 0 Å². The molecule has 0 heterocycles. The smallest absolute Gasteiger partial charge is 0.746 e. The Bertz CT molecular complexity index is 600. The van der Waals surface area contributed by atoms with E-state index < -0.39 is 15.6 Å². The van der Waals surface area contributed by atoms with Crippen LogP contribution in [0.3, 0.4) is 0 Å². The summed E-state index contributed by atoms with van der Waals surface area (Å²) in [5, 5.41) is 0. The minimum Gasteiger partial charge on any atom is -0.746 e. The Labute approximate surface area is 257 Å². The summed E-state index contributed by atoms with van der Waals surface area (Å²) in [7, 11) is -9.28. The molecule has 0 bridgehead atoms. The molecule has 0 aliphatic rings. The Morgan fingerprint density at radius 1 is 0.667 bits per heavy atom. The van der Waals surface area contributed by atoms with Gasteiger partial charge in [0, 0.05) is 0 Å². The van der Waals surface area contributed by atoms with Gasteiger partial charge in [-0.25, -0.2) is 0 Å². The largest absolute Gasteiger partial charge is 1.00 e.